The highest BCUT2D eigenvalue weighted by Crippen LogP contribution is 2.26. The molecule has 2 rings (SSSR count). The number of nitrogens with zero attached hydrogens (tertiary/aromatic N) is 1. The summed E-state index contributed by atoms with van der Waals surface area (Å²) in [5.41, 5.74) is -0.429. The number of hydrogen-bond acceptors (Lipinski definition) is 5. The lowest BCUT2D eigenvalue weighted by atomic mass is 9.99. The van der Waals surface area contributed by atoms with Crippen molar-refractivity contribution in [2.24, 2.45) is 0 Å². The van der Waals surface area contributed by atoms with Crippen molar-refractivity contribution in [1.29, 1.82) is 0 Å². The third-order valence-electron chi connectivity index (χ3n) is 4.61. The summed E-state index contributed by atoms with van der Waals surface area (Å²) in [5.74, 6) is -1.07. The lowest BCUT2D eigenvalue weighted by Gasteiger charge is -2.41. The molecule has 0 saturated carbocycles. The SMILES string of the molecule is COc1ccc(C(=O)O)cc1S(=O)(=O)NCC(C)(C)N1CCCCC1.Cl. The Kier molecular flexibility index (Phi) is 7.88. The maximum absolute atomic E-state index is 12.7. The zero-order valence-electron chi connectivity index (χ0n) is 15.3. The van der Waals surface area contributed by atoms with E-state index >= 15 is 0 Å². The molecule has 7 nitrogen and oxygen atoms in total. The molecule has 1 aromatic rings. The van der Waals surface area contributed by atoms with Crippen LogP contribution in [0.25, 0.3) is 0 Å². The normalized spacial score (nSPS) is 16.0. The predicted molar refractivity (Wildman–Crippen MR) is 102 cm³/mol. The molecule has 0 radical (unpaired) electrons. The summed E-state index contributed by atoms with van der Waals surface area (Å²) in [6.07, 6.45) is 3.44. The largest absolute Gasteiger partial charge is 0.495 e. The van der Waals surface area contributed by atoms with Crippen LogP contribution in [0, 0.1) is 0 Å². The lowest BCUT2D eigenvalue weighted by molar-refractivity contribution is 0.0696. The number of benzene rings is 1. The molecule has 26 heavy (non-hydrogen) atoms. The van der Waals surface area contributed by atoms with Gasteiger partial charge in [0.2, 0.25) is 10.0 Å². The van der Waals surface area contributed by atoms with Crippen LogP contribution in [-0.2, 0) is 10.0 Å². The van der Waals surface area contributed by atoms with Crippen molar-refractivity contribution in [3.63, 3.8) is 0 Å². The number of carboxylic acids is 1. The van der Waals surface area contributed by atoms with Crippen LogP contribution in [0.2, 0.25) is 0 Å². The van der Waals surface area contributed by atoms with Gasteiger partial charge in [-0.15, -0.1) is 12.4 Å². The molecule has 0 spiro atoms. The zero-order valence-corrected chi connectivity index (χ0v) is 17.0. The van der Waals surface area contributed by atoms with Crippen molar-refractivity contribution in [2.45, 2.75) is 43.5 Å². The van der Waals surface area contributed by atoms with E-state index in [-0.39, 0.29) is 40.7 Å². The van der Waals surface area contributed by atoms with E-state index in [4.69, 9.17) is 9.84 Å². The van der Waals surface area contributed by atoms with Crippen molar-refractivity contribution in [3.05, 3.63) is 23.8 Å². The first-order valence-corrected chi connectivity index (χ1v) is 9.82. The second kappa shape index (κ2) is 9.03. The number of carboxylic acid groups (broad SMARTS) is 1. The van der Waals surface area contributed by atoms with Gasteiger partial charge in [-0.3, -0.25) is 4.90 Å². The van der Waals surface area contributed by atoms with E-state index < -0.39 is 16.0 Å². The number of halogens is 1. The van der Waals surface area contributed by atoms with Gasteiger partial charge in [-0.05, 0) is 58.0 Å². The van der Waals surface area contributed by atoms with Gasteiger partial charge in [0.15, 0.2) is 0 Å². The summed E-state index contributed by atoms with van der Waals surface area (Å²) in [7, 11) is -2.54. The lowest BCUT2D eigenvalue weighted by Crippen LogP contribution is -2.53. The number of methoxy groups -OCH3 is 1. The minimum Gasteiger partial charge on any atom is -0.495 e. The smallest absolute Gasteiger partial charge is 0.335 e. The Labute approximate surface area is 161 Å². The Hall–Kier alpha value is -1.35. The van der Waals surface area contributed by atoms with Gasteiger partial charge in [0.05, 0.1) is 12.7 Å². The summed E-state index contributed by atoms with van der Waals surface area (Å²) in [5, 5.41) is 9.11. The van der Waals surface area contributed by atoms with Gasteiger partial charge in [-0.1, -0.05) is 6.42 Å². The van der Waals surface area contributed by atoms with Crippen molar-refractivity contribution >= 4 is 28.4 Å². The molecule has 1 saturated heterocycles. The van der Waals surface area contributed by atoms with Crippen LogP contribution in [0.5, 0.6) is 5.75 Å². The van der Waals surface area contributed by atoms with E-state index in [0.717, 1.165) is 32.0 Å². The van der Waals surface area contributed by atoms with Gasteiger partial charge >= 0.3 is 5.97 Å². The van der Waals surface area contributed by atoms with Gasteiger partial charge in [-0.2, -0.15) is 0 Å². The molecule has 0 bridgehead atoms. The number of rotatable bonds is 7. The van der Waals surface area contributed by atoms with E-state index in [1.165, 1.54) is 25.7 Å². The number of ether oxygens (including phenoxy) is 1. The second-order valence-electron chi connectivity index (χ2n) is 6.86. The number of nitrogens with one attached hydrogen (secondary N) is 1. The highest BCUT2D eigenvalue weighted by molar-refractivity contribution is 7.89. The Bertz CT molecular complexity index is 731. The fourth-order valence-electron chi connectivity index (χ4n) is 2.98. The number of sulfonamides is 1. The van der Waals surface area contributed by atoms with Gasteiger partial charge in [0.25, 0.3) is 0 Å². The summed E-state index contributed by atoms with van der Waals surface area (Å²) in [4.78, 5) is 13.3. The molecule has 1 aliphatic rings. The van der Waals surface area contributed by atoms with Crippen LogP contribution in [0.1, 0.15) is 43.5 Å². The predicted octanol–water partition coefficient (Wildman–Crippen LogP) is 2.36. The molecule has 0 amide bonds. The van der Waals surface area contributed by atoms with Crippen LogP contribution in [0.3, 0.4) is 0 Å². The molecule has 0 aliphatic carbocycles. The average Bonchev–Trinajstić information content (AvgIpc) is 2.60. The van der Waals surface area contributed by atoms with E-state index in [1.807, 2.05) is 13.8 Å². The van der Waals surface area contributed by atoms with E-state index in [1.54, 1.807) is 0 Å². The minimum atomic E-state index is -3.90. The first-order valence-electron chi connectivity index (χ1n) is 8.33. The van der Waals surface area contributed by atoms with Crippen LogP contribution in [0.15, 0.2) is 23.1 Å². The highest BCUT2D eigenvalue weighted by Gasteiger charge is 2.30. The van der Waals surface area contributed by atoms with Gasteiger partial charge < -0.3 is 9.84 Å². The Balaban J connectivity index is 0.00000338. The maximum atomic E-state index is 12.7. The van der Waals surface area contributed by atoms with E-state index in [0.29, 0.717) is 0 Å². The highest BCUT2D eigenvalue weighted by atomic mass is 35.5. The van der Waals surface area contributed by atoms with Crippen molar-refractivity contribution in [3.8, 4) is 5.75 Å². The minimum absolute atomic E-state index is 0. The van der Waals surface area contributed by atoms with Crippen LogP contribution >= 0.6 is 12.4 Å². The molecule has 148 valence electrons. The molecule has 2 N–H and O–H groups in total. The number of piperidine rings is 1. The Morgan fingerprint density at radius 2 is 1.88 bits per heavy atom. The van der Waals surface area contributed by atoms with Gasteiger partial charge in [0.1, 0.15) is 10.6 Å². The molecule has 9 heteroatoms. The molecular weight excluding hydrogens is 380 g/mol. The molecular formula is C17H27ClN2O5S. The quantitative estimate of drug-likeness (QED) is 0.721. The van der Waals surface area contributed by atoms with Crippen LogP contribution in [-0.4, -0.2) is 56.7 Å². The Morgan fingerprint density at radius 1 is 1.27 bits per heavy atom. The van der Waals surface area contributed by atoms with Crippen molar-refractivity contribution < 1.29 is 23.1 Å². The van der Waals surface area contributed by atoms with Crippen molar-refractivity contribution in [2.75, 3.05) is 26.7 Å². The first kappa shape index (κ1) is 22.7. The molecule has 0 atom stereocenters. The fraction of sp³-hybridized carbons (Fsp3) is 0.588. The molecule has 1 aromatic carbocycles. The van der Waals surface area contributed by atoms with Crippen LogP contribution in [0.4, 0.5) is 0 Å². The maximum Gasteiger partial charge on any atom is 0.335 e. The zero-order chi connectivity index (χ0) is 18.7. The number of aromatic carboxylic acids is 1. The van der Waals surface area contributed by atoms with E-state index in [9.17, 15) is 13.2 Å². The fourth-order valence-corrected chi connectivity index (χ4v) is 4.38. The van der Waals surface area contributed by atoms with E-state index in [2.05, 4.69) is 9.62 Å². The standard InChI is InChI=1S/C17H26N2O5S.ClH/c1-17(2,19-9-5-4-6-10-19)12-18-25(22,23)15-11-13(16(20)21)7-8-14(15)24-3;/h7-8,11,18H,4-6,9-10,12H2,1-3H3,(H,20,21);1H. The van der Waals surface area contributed by atoms with Gasteiger partial charge in [0, 0.05) is 12.1 Å². The Morgan fingerprint density at radius 3 is 2.42 bits per heavy atom. The first-order chi connectivity index (χ1) is 11.7. The molecule has 1 aliphatic heterocycles. The van der Waals surface area contributed by atoms with Crippen LogP contribution < -0.4 is 9.46 Å². The second-order valence-corrected chi connectivity index (χ2v) is 8.59. The summed E-state index contributed by atoms with van der Waals surface area (Å²) in [6, 6.07) is 3.79. The molecule has 1 heterocycles. The monoisotopic (exact) mass is 406 g/mol. The summed E-state index contributed by atoms with van der Waals surface area (Å²) >= 11 is 0. The average molecular weight is 407 g/mol. The molecule has 0 unspecified atom stereocenters. The van der Waals surface area contributed by atoms with Gasteiger partial charge in [-0.25, -0.2) is 17.9 Å². The summed E-state index contributed by atoms with van der Waals surface area (Å²) < 4.78 is 33.1. The molecule has 1 fully saturated rings. The third kappa shape index (κ3) is 5.33. The van der Waals surface area contributed by atoms with Crippen molar-refractivity contribution in [1.82, 2.24) is 9.62 Å². The third-order valence-corrected chi connectivity index (χ3v) is 6.03. The summed E-state index contributed by atoms with van der Waals surface area (Å²) in [6.45, 7) is 6.15. The number of carbonyl (C=O) groups is 1. The topological polar surface area (TPSA) is 95.9 Å². The molecule has 0 aromatic heterocycles. The number of likely N-dealkylation sites (tertiary alicyclic amines) is 1. The number of hydrogen-bond donors (Lipinski definition) is 2.